The Balaban J connectivity index is 2.53. The van der Waals surface area contributed by atoms with Gasteiger partial charge >= 0.3 is 0 Å². The molecule has 1 aromatic carbocycles. The molecule has 0 saturated heterocycles. The Hall–Kier alpha value is -1.62. The fourth-order valence-corrected chi connectivity index (χ4v) is 1.50. The molecule has 5 heteroatoms. The minimum Gasteiger partial charge on any atom is -0.497 e. The highest BCUT2D eigenvalue weighted by Gasteiger charge is 2.00. The molecule has 0 unspecified atom stereocenters. The Kier molecular flexibility index (Phi) is 6.29. The molecule has 0 fully saturated rings. The highest BCUT2D eigenvalue weighted by molar-refractivity contribution is 7.80. The van der Waals surface area contributed by atoms with E-state index < -0.39 is 0 Å². The Morgan fingerprint density at radius 1 is 1.32 bits per heavy atom. The van der Waals surface area contributed by atoms with Crippen LogP contribution >= 0.6 is 12.2 Å². The number of benzene rings is 1. The van der Waals surface area contributed by atoms with Crippen molar-refractivity contribution in [2.24, 2.45) is 11.0 Å². The maximum atomic E-state index is 5.13. The molecule has 104 valence electrons. The molecular weight excluding hydrogens is 258 g/mol. The summed E-state index contributed by atoms with van der Waals surface area (Å²) in [5.74, 6) is 1.38. The number of ether oxygens (including phenoxy) is 1. The molecule has 0 atom stereocenters. The number of hydrogen-bond acceptors (Lipinski definition) is 3. The molecule has 0 bridgehead atoms. The average molecular weight is 279 g/mol. The molecule has 19 heavy (non-hydrogen) atoms. The number of thiocarbonyl (C=S) groups is 1. The molecule has 0 aliphatic rings. The molecule has 2 N–H and O–H groups in total. The van der Waals surface area contributed by atoms with Gasteiger partial charge in [-0.1, -0.05) is 13.8 Å². The summed E-state index contributed by atoms with van der Waals surface area (Å²) < 4.78 is 5.12. The predicted molar refractivity (Wildman–Crippen MR) is 83.8 cm³/mol. The van der Waals surface area contributed by atoms with Crippen molar-refractivity contribution in [2.75, 3.05) is 13.7 Å². The van der Waals surface area contributed by atoms with Crippen LogP contribution in [0.1, 0.15) is 26.3 Å². The summed E-state index contributed by atoms with van der Waals surface area (Å²) in [5.41, 5.74) is 4.74. The number of methoxy groups -OCH3 is 1. The SMILES string of the molecule is COc1ccc(/C(C)=N/NC(=S)NCC(C)C)cc1. The van der Waals surface area contributed by atoms with E-state index in [-0.39, 0.29) is 0 Å². The smallest absolute Gasteiger partial charge is 0.186 e. The number of nitrogens with zero attached hydrogens (tertiary/aromatic N) is 1. The van der Waals surface area contributed by atoms with E-state index in [0.29, 0.717) is 11.0 Å². The zero-order valence-electron chi connectivity index (χ0n) is 11.9. The fourth-order valence-electron chi connectivity index (χ4n) is 1.37. The fraction of sp³-hybridized carbons (Fsp3) is 0.429. The molecule has 0 radical (unpaired) electrons. The maximum absolute atomic E-state index is 5.13. The van der Waals surface area contributed by atoms with E-state index in [2.05, 4.69) is 29.7 Å². The van der Waals surface area contributed by atoms with Gasteiger partial charge in [-0.05, 0) is 54.9 Å². The Morgan fingerprint density at radius 3 is 2.47 bits per heavy atom. The monoisotopic (exact) mass is 279 g/mol. The van der Waals surface area contributed by atoms with E-state index in [9.17, 15) is 0 Å². The van der Waals surface area contributed by atoms with Crippen LogP contribution in [-0.2, 0) is 0 Å². The van der Waals surface area contributed by atoms with Crippen molar-refractivity contribution in [3.63, 3.8) is 0 Å². The number of hydrogen-bond donors (Lipinski definition) is 2. The Labute approximate surface area is 120 Å². The molecular formula is C14H21N3OS. The number of hydrazone groups is 1. The molecule has 0 aliphatic carbocycles. The lowest BCUT2D eigenvalue weighted by atomic mass is 10.1. The zero-order valence-corrected chi connectivity index (χ0v) is 12.7. The van der Waals surface area contributed by atoms with Crippen LogP contribution in [0.15, 0.2) is 29.4 Å². The predicted octanol–water partition coefficient (Wildman–Crippen LogP) is 2.54. The molecule has 0 heterocycles. The highest BCUT2D eigenvalue weighted by Crippen LogP contribution is 2.11. The number of rotatable bonds is 5. The lowest BCUT2D eigenvalue weighted by Gasteiger charge is -2.10. The van der Waals surface area contributed by atoms with Crippen LogP contribution in [0.5, 0.6) is 5.75 Å². The second-order valence-corrected chi connectivity index (χ2v) is 5.05. The van der Waals surface area contributed by atoms with Crippen LogP contribution in [0, 0.1) is 5.92 Å². The third-order valence-electron chi connectivity index (χ3n) is 2.50. The van der Waals surface area contributed by atoms with Gasteiger partial charge in [0.05, 0.1) is 12.8 Å². The topological polar surface area (TPSA) is 45.6 Å². The maximum Gasteiger partial charge on any atom is 0.186 e. The first-order valence-electron chi connectivity index (χ1n) is 6.25. The minimum absolute atomic E-state index is 0.543. The van der Waals surface area contributed by atoms with Crippen LogP contribution in [0.2, 0.25) is 0 Å². The molecule has 0 spiro atoms. The minimum atomic E-state index is 0.543. The molecule has 0 aromatic heterocycles. The molecule has 1 rings (SSSR count). The second kappa shape index (κ2) is 7.74. The van der Waals surface area contributed by atoms with Crippen molar-refractivity contribution in [1.29, 1.82) is 0 Å². The first-order chi connectivity index (χ1) is 9.02. The van der Waals surface area contributed by atoms with Crippen LogP contribution in [0.4, 0.5) is 0 Å². The molecule has 0 saturated carbocycles. The molecule has 4 nitrogen and oxygen atoms in total. The van der Waals surface area contributed by atoms with Gasteiger partial charge in [0.1, 0.15) is 5.75 Å². The van der Waals surface area contributed by atoms with Crippen molar-refractivity contribution in [3.05, 3.63) is 29.8 Å². The summed E-state index contributed by atoms with van der Waals surface area (Å²) in [6.07, 6.45) is 0. The van der Waals surface area contributed by atoms with Crippen LogP contribution < -0.4 is 15.5 Å². The van der Waals surface area contributed by atoms with Gasteiger partial charge < -0.3 is 10.1 Å². The zero-order chi connectivity index (χ0) is 14.3. The highest BCUT2D eigenvalue weighted by atomic mass is 32.1. The van der Waals surface area contributed by atoms with E-state index in [0.717, 1.165) is 23.6 Å². The van der Waals surface area contributed by atoms with Crippen LogP contribution in [0.3, 0.4) is 0 Å². The summed E-state index contributed by atoms with van der Waals surface area (Å²) in [6, 6.07) is 7.74. The van der Waals surface area contributed by atoms with Gasteiger partial charge in [0.25, 0.3) is 0 Å². The van der Waals surface area contributed by atoms with E-state index in [1.54, 1.807) is 7.11 Å². The van der Waals surface area contributed by atoms with Gasteiger partial charge in [0.2, 0.25) is 0 Å². The third kappa shape index (κ3) is 5.70. The van der Waals surface area contributed by atoms with Gasteiger partial charge in [0.15, 0.2) is 5.11 Å². The molecule has 0 amide bonds. The lowest BCUT2D eigenvalue weighted by Crippen LogP contribution is -2.34. The first kappa shape index (κ1) is 15.4. The van der Waals surface area contributed by atoms with Crippen LogP contribution in [-0.4, -0.2) is 24.5 Å². The van der Waals surface area contributed by atoms with Crippen molar-refractivity contribution in [2.45, 2.75) is 20.8 Å². The first-order valence-corrected chi connectivity index (χ1v) is 6.66. The Bertz CT molecular complexity index is 441. The average Bonchev–Trinajstić information content (AvgIpc) is 2.42. The normalized spacial score (nSPS) is 11.3. The number of nitrogens with one attached hydrogen (secondary N) is 2. The largest absolute Gasteiger partial charge is 0.497 e. The van der Waals surface area contributed by atoms with E-state index in [4.69, 9.17) is 17.0 Å². The van der Waals surface area contributed by atoms with E-state index in [1.807, 2.05) is 31.2 Å². The quantitative estimate of drug-likeness (QED) is 0.494. The molecule has 1 aromatic rings. The van der Waals surface area contributed by atoms with Gasteiger partial charge in [-0.3, -0.25) is 5.43 Å². The second-order valence-electron chi connectivity index (χ2n) is 4.64. The summed E-state index contributed by atoms with van der Waals surface area (Å²) in [7, 11) is 1.65. The van der Waals surface area contributed by atoms with Crippen molar-refractivity contribution in [1.82, 2.24) is 10.7 Å². The summed E-state index contributed by atoms with van der Waals surface area (Å²) >= 11 is 5.13. The van der Waals surface area contributed by atoms with Crippen molar-refractivity contribution < 1.29 is 4.74 Å². The Morgan fingerprint density at radius 2 is 1.95 bits per heavy atom. The summed E-state index contributed by atoms with van der Waals surface area (Å²) in [5, 5.41) is 7.89. The molecule has 0 aliphatic heterocycles. The summed E-state index contributed by atoms with van der Waals surface area (Å²) in [4.78, 5) is 0. The van der Waals surface area contributed by atoms with Gasteiger partial charge in [-0.15, -0.1) is 0 Å². The standard InChI is InChI=1S/C14H21N3OS/c1-10(2)9-15-14(19)17-16-11(3)12-5-7-13(18-4)8-6-12/h5-8,10H,9H2,1-4H3,(H2,15,17,19)/b16-11+. The summed E-state index contributed by atoms with van der Waals surface area (Å²) in [6.45, 7) is 7.02. The van der Waals surface area contributed by atoms with Gasteiger partial charge in [-0.25, -0.2) is 0 Å². The van der Waals surface area contributed by atoms with E-state index >= 15 is 0 Å². The third-order valence-corrected chi connectivity index (χ3v) is 2.74. The van der Waals surface area contributed by atoms with Gasteiger partial charge in [-0.2, -0.15) is 5.10 Å². The lowest BCUT2D eigenvalue weighted by molar-refractivity contribution is 0.415. The van der Waals surface area contributed by atoms with Crippen molar-refractivity contribution >= 4 is 23.0 Å². The van der Waals surface area contributed by atoms with Gasteiger partial charge in [0, 0.05) is 6.54 Å². The van der Waals surface area contributed by atoms with Crippen molar-refractivity contribution in [3.8, 4) is 5.75 Å². The van der Waals surface area contributed by atoms with Crippen LogP contribution in [0.25, 0.3) is 0 Å². The van der Waals surface area contributed by atoms with E-state index in [1.165, 1.54) is 0 Å².